The van der Waals surface area contributed by atoms with Crippen molar-refractivity contribution >= 4 is 21.6 Å². The van der Waals surface area contributed by atoms with Gasteiger partial charge in [0.05, 0.1) is 25.5 Å². The van der Waals surface area contributed by atoms with Gasteiger partial charge in [-0.3, -0.25) is 9.52 Å². The van der Waals surface area contributed by atoms with Crippen molar-refractivity contribution in [2.24, 2.45) is 0 Å². The van der Waals surface area contributed by atoms with Gasteiger partial charge in [0, 0.05) is 17.7 Å². The van der Waals surface area contributed by atoms with Crippen LogP contribution in [-0.2, 0) is 10.0 Å². The first-order valence-electron chi connectivity index (χ1n) is 8.60. The van der Waals surface area contributed by atoms with Crippen LogP contribution in [0.15, 0.2) is 42.5 Å². The lowest BCUT2D eigenvalue weighted by Gasteiger charge is -2.17. The molecular weight excluding hydrogens is 368 g/mol. The number of rotatable bonds is 5. The van der Waals surface area contributed by atoms with E-state index in [-0.39, 0.29) is 11.9 Å². The van der Waals surface area contributed by atoms with Crippen molar-refractivity contribution in [3.63, 3.8) is 0 Å². The van der Waals surface area contributed by atoms with Gasteiger partial charge in [-0.2, -0.15) is 0 Å². The molecule has 144 valence electrons. The molecule has 0 radical (unpaired) electrons. The van der Waals surface area contributed by atoms with E-state index in [0.717, 1.165) is 18.2 Å². The largest absolute Gasteiger partial charge is 0.490 e. The Hall–Kier alpha value is -2.74. The van der Waals surface area contributed by atoms with Gasteiger partial charge in [-0.15, -0.1) is 0 Å². The first kappa shape index (κ1) is 19.0. The molecule has 1 aliphatic rings. The van der Waals surface area contributed by atoms with Gasteiger partial charge >= 0.3 is 0 Å². The Kier molecular flexibility index (Phi) is 5.55. The molecule has 0 saturated heterocycles. The molecular formula is C19H22N2O5S. The topological polar surface area (TPSA) is 93.7 Å². The van der Waals surface area contributed by atoms with Crippen molar-refractivity contribution in [1.29, 1.82) is 0 Å². The number of anilines is 1. The summed E-state index contributed by atoms with van der Waals surface area (Å²) in [4.78, 5) is 12.5. The third kappa shape index (κ3) is 5.13. The lowest BCUT2D eigenvalue weighted by Crippen LogP contribution is -2.26. The summed E-state index contributed by atoms with van der Waals surface area (Å²) in [5.41, 5.74) is 1.59. The van der Waals surface area contributed by atoms with Crippen molar-refractivity contribution in [2.45, 2.75) is 19.4 Å². The van der Waals surface area contributed by atoms with Crippen molar-refractivity contribution in [1.82, 2.24) is 5.32 Å². The Bertz CT molecular complexity index is 943. The van der Waals surface area contributed by atoms with E-state index in [0.29, 0.717) is 36.0 Å². The second-order valence-electron chi connectivity index (χ2n) is 6.41. The number of carbonyl (C=O) groups excluding carboxylic acids is 1. The number of carbonyl (C=O) groups is 1. The quantitative estimate of drug-likeness (QED) is 0.819. The molecule has 0 aromatic heterocycles. The van der Waals surface area contributed by atoms with E-state index in [1.165, 1.54) is 6.07 Å². The highest BCUT2D eigenvalue weighted by atomic mass is 32.2. The average Bonchev–Trinajstić information content (AvgIpc) is 2.85. The van der Waals surface area contributed by atoms with Crippen LogP contribution in [0.5, 0.6) is 11.5 Å². The van der Waals surface area contributed by atoms with Gasteiger partial charge in [0.1, 0.15) is 0 Å². The normalized spacial score (nSPS) is 14.7. The molecule has 0 spiro atoms. The molecule has 1 unspecified atom stereocenters. The fourth-order valence-electron chi connectivity index (χ4n) is 2.75. The minimum atomic E-state index is -3.40. The van der Waals surface area contributed by atoms with E-state index in [2.05, 4.69) is 10.0 Å². The summed E-state index contributed by atoms with van der Waals surface area (Å²) in [6, 6.07) is 11.7. The van der Waals surface area contributed by atoms with Gasteiger partial charge < -0.3 is 14.8 Å². The predicted octanol–water partition coefficient (Wildman–Crippen LogP) is 2.71. The van der Waals surface area contributed by atoms with Crippen LogP contribution in [0.25, 0.3) is 0 Å². The van der Waals surface area contributed by atoms with Gasteiger partial charge in [0.25, 0.3) is 5.91 Å². The molecule has 0 fully saturated rings. The molecule has 2 N–H and O–H groups in total. The SMILES string of the molecule is CC(NC(=O)c1cccc(NS(C)(=O)=O)c1)c1ccc2c(c1)OCCCO2. The Morgan fingerprint density at radius 1 is 1.07 bits per heavy atom. The maximum atomic E-state index is 12.5. The molecule has 1 amide bonds. The smallest absolute Gasteiger partial charge is 0.251 e. The molecule has 3 rings (SSSR count). The van der Waals surface area contributed by atoms with Crippen LogP contribution in [0.3, 0.4) is 0 Å². The summed E-state index contributed by atoms with van der Waals surface area (Å²) in [5, 5.41) is 2.91. The van der Waals surface area contributed by atoms with Gasteiger partial charge in [-0.25, -0.2) is 8.42 Å². The third-order valence-corrected chi connectivity index (χ3v) is 4.65. The van der Waals surface area contributed by atoms with Crippen LogP contribution in [0.1, 0.15) is 35.3 Å². The van der Waals surface area contributed by atoms with Crippen LogP contribution >= 0.6 is 0 Å². The molecule has 0 bridgehead atoms. The molecule has 1 aliphatic heterocycles. The number of hydrogen-bond donors (Lipinski definition) is 2. The first-order valence-corrected chi connectivity index (χ1v) is 10.5. The molecule has 0 saturated carbocycles. The lowest BCUT2D eigenvalue weighted by atomic mass is 10.1. The Balaban J connectivity index is 1.72. The number of nitrogens with one attached hydrogen (secondary N) is 2. The lowest BCUT2D eigenvalue weighted by molar-refractivity contribution is 0.0940. The van der Waals surface area contributed by atoms with Crippen molar-refractivity contribution in [2.75, 3.05) is 24.2 Å². The number of sulfonamides is 1. The van der Waals surface area contributed by atoms with Crippen LogP contribution in [0.4, 0.5) is 5.69 Å². The number of amides is 1. The van der Waals surface area contributed by atoms with E-state index in [1.54, 1.807) is 18.2 Å². The number of fused-ring (bicyclic) bond motifs is 1. The molecule has 8 heteroatoms. The van der Waals surface area contributed by atoms with Crippen LogP contribution < -0.4 is 19.5 Å². The summed E-state index contributed by atoms with van der Waals surface area (Å²) >= 11 is 0. The summed E-state index contributed by atoms with van der Waals surface area (Å²) in [5.74, 6) is 1.08. The minimum absolute atomic E-state index is 0.263. The zero-order valence-electron chi connectivity index (χ0n) is 15.2. The maximum Gasteiger partial charge on any atom is 0.251 e. The van der Waals surface area contributed by atoms with Crippen molar-refractivity contribution in [3.8, 4) is 11.5 Å². The fraction of sp³-hybridized carbons (Fsp3) is 0.316. The summed E-state index contributed by atoms with van der Waals surface area (Å²) in [7, 11) is -3.40. The van der Waals surface area contributed by atoms with E-state index in [9.17, 15) is 13.2 Å². The van der Waals surface area contributed by atoms with Crippen LogP contribution in [-0.4, -0.2) is 33.8 Å². The molecule has 27 heavy (non-hydrogen) atoms. The van der Waals surface area contributed by atoms with E-state index >= 15 is 0 Å². The third-order valence-electron chi connectivity index (χ3n) is 4.05. The summed E-state index contributed by atoms with van der Waals surface area (Å²) in [6.45, 7) is 3.09. The highest BCUT2D eigenvalue weighted by Gasteiger charge is 2.16. The fourth-order valence-corrected chi connectivity index (χ4v) is 3.31. The average molecular weight is 390 g/mol. The summed E-state index contributed by atoms with van der Waals surface area (Å²) < 4.78 is 36.4. The van der Waals surface area contributed by atoms with E-state index < -0.39 is 10.0 Å². The Morgan fingerprint density at radius 2 is 1.81 bits per heavy atom. The highest BCUT2D eigenvalue weighted by Crippen LogP contribution is 2.32. The van der Waals surface area contributed by atoms with Crippen molar-refractivity contribution in [3.05, 3.63) is 53.6 Å². The molecule has 2 aromatic rings. The number of ether oxygens (including phenoxy) is 2. The summed E-state index contributed by atoms with van der Waals surface area (Å²) in [6.07, 6.45) is 1.89. The van der Waals surface area contributed by atoms with Gasteiger partial charge in [-0.1, -0.05) is 12.1 Å². The minimum Gasteiger partial charge on any atom is -0.490 e. The van der Waals surface area contributed by atoms with E-state index in [4.69, 9.17) is 9.47 Å². The zero-order valence-corrected chi connectivity index (χ0v) is 16.0. The van der Waals surface area contributed by atoms with E-state index in [1.807, 2.05) is 25.1 Å². The van der Waals surface area contributed by atoms with Gasteiger partial charge in [0.15, 0.2) is 11.5 Å². The predicted molar refractivity (Wildman–Crippen MR) is 103 cm³/mol. The first-order chi connectivity index (χ1) is 12.8. The second-order valence-corrected chi connectivity index (χ2v) is 8.16. The monoisotopic (exact) mass is 390 g/mol. The number of benzene rings is 2. The maximum absolute atomic E-state index is 12.5. The molecule has 0 aliphatic carbocycles. The van der Waals surface area contributed by atoms with Crippen molar-refractivity contribution < 1.29 is 22.7 Å². The Morgan fingerprint density at radius 3 is 2.56 bits per heavy atom. The standard InChI is InChI=1S/C19H22N2O5S/c1-13(14-7-8-17-18(12-14)26-10-4-9-25-17)20-19(22)15-5-3-6-16(11-15)21-27(2,23)24/h3,5-8,11-13,21H,4,9-10H2,1-2H3,(H,20,22). The highest BCUT2D eigenvalue weighted by molar-refractivity contribution is 7.92. The van der Waals surface area contributed by atoms with Gasteiger partial charge in [0.2, 0.25) is 10.0 Å². The van der Waals surface area contributed by atoms with Crippen LogP contribution in [0.2, 0.25) is 0 Å². The second kappa shape index (κ2) is 7.87. The molecule has 1 heterocycles. The Labute approximate surface area is 158 Å². The molecule has 1 atom stereocenters. The zero-order chi connectivity index (χ0) is 19.4. The van der Waals surface area contributed by atoms with Crippen LogP contribution in [0, 0.1) is 0 Å². The number of hydrogen-bond acceptors (Lipinski definition) is 5. The van der Waals surface area contributed by atoms with Gasteiger partial charge in [-0.05, 0) is 42.8 Å². The molecule has 2 aromatic carbocycles. The molecule has 7 nitrogen and oxygen atoms in total.